The molecule has 1 aliphatic heterocycles. The summed E-state index contributed by atoms with van der Waals surface area (Å²) in [5.74, 6) is 0. The Morgan fingerprint density at radius 3 is 1.59 bits per heavy atom. The molecule has 12 nitrogen and oxygen atoms in total. The van der Waals surface area contributed by atoms with Crippen molar-refractivity contribution in [2.24, 2.45) is 0 Å². The van der Waals surface area contributed by atoms with Crippen LogP contribution in [0.25, 0.3) is 0 Å². The molecule has 1 fully saturated rings. The fourth-order valence-electron chi connectivity index (χ4n) is 5.05. The summed E-state index contributed by atoms with van der Waals surface area (Å²) in [6, 6.07) is 27.9. The smallest absolute Gasteiger partial charge is 0.368 e. The minimum absolute atomic E-state index is 0. The van der Waals surface area contributed by atoms with E-state index in [9.17, 15) is 25.9 Å². The Bertz CT molecular complexity index is 1440. The molecule has 4 rings (SSSR count). The quantitative estimate of drug-likeness (QED) is 0.106. The van der Waals surface area contributed by atoms with Gasteiger partial charge in [0.05, 0.1) is 13.2 Å². The molecule has 44 heavy (non-hydrogen) atoms. The van der Waals surface area contributed by atoms with Gasteiger partial charge in [0.15, 0.2) is 12.4 Å². The topological polar surface area (TPSA) is 164 Å². The summed E-state index contributed by atoms with van der Waals surface area (Å²) in [7, 11) is -9.10. The van der Waals surface area contributed by atoms with Gasteiger partial charge in [0.25, 0.3) is 0 Å². The third-order valence-corrected chi connectivity index (χ3v) is 7.63. The van der Waals surface area contributed by atoms with Gasteiger partial charge < -0.3 is 18.9 Å². The molecule has 3 aromatic rings. The Morgan fingerprint density at radius 2 is 1.20 bits per heavy atom. The third-order valence-electron chi connectivity index (χ3n) is 6.70. The summed E-state index contributed by atoms with van der Waals surface area (Å²) >= 11 is 0. The van der Waals surface area contributed by atoms with E-state index in [1.54, 1.807) is 0 Å². The molecule has 1 saturated heterocycles. The first-order valence-corrected chi connectivity index (χ1v) is 15.7. The van der Waals surface area contributed by atoms with Crippen LogP contribution in [0.1, 0.15) is 16.7 Å². The second-order valence-corrected chi connectivity index (χ2v) is 11.5. The van der Waals surface area contributed by atoms with E-state index < -0.39 is 63.7 Å². The Labute approximate surface area is 279 Å². The number of hydrogen-bond acceptors (Lipinski definition) is 10. The molecule has 1 aliphatic rings. The molecule has 3 aromatic carbocycles. The number of hydrogen-bond donors (Lipinski definition) is 2. The molecule has 0 radical (unpaired) electrons. The van der Waals surface area contributed by atoms with E-state index in [4.69, 9.17) is 27.3 Å². The van der Waals surface area contributed by atoms with Crippen LogP contribution in [0.2, 0.25) is 0 Å². The van der Waals surface area contributed by atoms with Gasteiger partial charge in [-0.2, -0.15) is 16.8 Å². The summed E-state index contributed by atoms with van der Waals surface area (Å²) in [6.07, 6.45) is -6.67. The molecule has 0 unspecified atom stereocenters. The van der Waals surface area contributed by atoms with Crippen LogP contribution in [0, 0.1) is 0 Å². The van der Waals surface area contributed by atoms with Gasteiger partial charge in [-0.25, -0.2) is 8.37 Å². The standard InChI is InChI=1S/C29H32O12S2.Na/c1-3-19-37-26-25(40-42(30,31)32)24(39-28(36-2)27(26)41-43(33,34)35)20-38-29(21-13-7-4-8-14-21,22-15-9-5-10-16-22)23-17-11-6-12-18-23;/h3-18,24-28H,1,19-20H2,2H3,(H,30,31,32)(H,33,34,35);/q;+1/t24-,25-,26+,27+,28+;/m1./s1. The molecule has 0 aromatic heterocycles. The van der Waals surface area contributed by atoms with Gasteiger partial charge in [-0.3, -0.25) is 9.11 Å². The van der Waals surface area contributed by atoms with Crippen LogP contribution < -0.4 is 29.6 Å². The largest absolute Gasteiger partial charge is 1.00 e. The van der Waals surface area contributed by atoms with Crippen LogP contribution in [0.15, 0.2) is 104 Å². The molecule has 5 atom stereocenters. The van der Waals surface area contributed by atoms with E-state index in [0.29, 0.717) is 0 Å². The van der Waals surface area contributed by atoms with Gasteiger partial charge >= 0.3 is 50.4 Å². The molecule has 0 spiro atoms. The maximum absolute atomic E-state index is 12.0. The minimum Gasteiger partial charge on any atom is -0.368 e. The third kappa shape index (κ3) is 9.04. The molecule has 15 heteroatoms. The first-order chi connectivity index (χ1) is 20.5. The van der Waals surface area contributed by atoms with E-state index in [2.05, 4.69) is 6.58 Å². The van der Waals surface area contributed by atoms with Crippen molar-refractivity contribution in [1.82, 2.24) is 0 Å². The number of ether oxygens (including phenoxy) is 4. The Balaban J connectivity index is 0.00000529. The normalized spacial score (nSPS) is 22.6. The number of benzene rings is 3. The predicted octanol–water partition coefficient (Wildman–Crippen LogP) is 0.318. The van der Waals surface area contributed by atoms with Gasteiger partial charge in [-0.15, -0.1) is 6.58 Å². The van der Waals surface area contributed by atoms with Crippen LogP contribution in [0.3, 0.4) is 0 Å². The maximum Gasteiger partial charge on any atom is 1.00 e. The van der Waals surface area contributed by atoms with Crippen LogP contribution in [-0.4, -0.2) is 77.0 Å². The zero-order chi connectivity index (χ0) is 31.1. The summed E-state index contributed by atoms with van der Waals surface area (Å²) < 4.78 is 99.8. The van der Waals surface area contributed by atoms with E-state index in [1.165, 1.54) is 13.2 Å². The van der Waals surface area contributed by atoms with Crippen molar-refractivity contribution in [3.8, 4) is 0 Å². The van der Waals surface area contributed by atoms with Gasteiger partial charge in [0.2, 0.25) is 0 Å². The van der Waals surface area contributed by atoms with Crippen LogP contribution in [0.4, 0.5) is 0 Å². The number of rotatable bonds is 14. The zero-order valence-corrected chi connectivity index (χ0v) is 27.7. The van der Waals surface area contributed by atoms with Crippen molar-refractivity contribution in [3.05, 3.63) is 120 Å². The van der Waals surface area contributed by atoms with Crippen LogP contribution in [0.5, 0.6) is 0 Å². The average Bonchev–Trinajstić information content (AvgIpc) is 2.98. The molecular weight excluding hydrogens is 627 g/mol. The molecule has 0 bridgehead atoms. The zero-order valence-electron chi connectivity index (χ0n) is 24.0. The molecule has 1 heterocycles. The van der Waals surface area contributed by atoms with E-state index in [-0.39, 0.29) is 36.2 Å². The average molecular weight is 660 g/mol. The summed E-state index contributed by atoms with van der Waals surface area (Å²) in [5, 5.41) is 0. The van der Waals surface area contributed by atoms with Crippen LogP contribution in [-0.2, 0) is 53.7 Å². The van der Waals surface area contributed by atoms with Crippen molar-refractivity contribution in [3.63, 3.8) is 0 Å². The van der Waals surface area contributed by atoms with Crippen molar-refractivity contribution in [1.29, 1.82) is 0 Å². The van der Waals surface area contributed by atoms with Crippen molar-refractivity contribution >= 4 is 20.8 Å². The molecule has 0 amide bonds. The molecule has 0 aliphatic carbocycles. The molecule has 232 valence electrons. The van der Waals surface area contributed by atoms with Crippen molar-refractivity contribution < 1.29 is 82.8 Å². The Morgan fingerprint density at radius 1 is 0.773 bits per heavy atom. The van der Waals surface area contributed by atoms with Crippen molar-refractivity contribution in [2.45, 2.75) is 36.3 Å². The van der Waals surface area contributed by atoms with Crippen LogP contribution >= 0.6 is 0 Å². The second kappa shape index (κ2) is 16.0. The monoisotopic (exact) mass is 659 g/mol. The molecule has 0 saturated carbocycles. The minimum atomic E-state index is -5.17. The molecular formula is C29H32NaO12S2+. The SMILES string of the molecule is C=CCO[C@@H]1[C@H](OS(=O)(=O)O)[C@@H](OC)O[C@H](COC(c2ccccc2)(c2ccccc2)c2ccccc2)[C@H]1OS(=O)(=O)O.[Na+]. The van der Waals surface area contributed by atoms with Gasteiger partial charge in [-0.05, 0) is 16.7 Å². The first kappa shape index (κ1) is 36.4. The van der Waals surface area contributed by atoms with E-state index in [1.807, 2.05) is 91.0 Å². The summed E-state index contributed by atoms with van der Waals surface area (Å²) in [5.41, 5.74) is 0.916. The van der Waals surface area contributed by atoms with Gasteiger partial charge in [0, 0.05) is 7.11 Å². The molecule has 2 N–H and O–H groups in total. The van der Waals surface area contributed by atoms with E-state index >= 15 is 0 Å². The van der Waals surface area contributed by atoms with Gasteiger partial charge in [-0.1, -0.05) is 97.1 Å². The van der Waals surface area contributed by atoms with E-state index in [0.717, 1.165) is 16.7 Å². The summed E-state index contributed by atoms with van der Waals surface area (Å²) in [4.78, 5) is 0. The summed E-state index contributed by atoms with van der Waals surface area (Å²) in [6.45, 7) is 2.92. The fraction of sp³-hybridized carbons (Fsp3) is 0.310. The number of methoxy groups -OCH3 is 1. The predicted molar refractivity (Wildman–Crippen MR) is 154 cm³/mol. The van der Waals surface area contributed by atoms with Crippen molar-refractivity contribution in [2.75, 3.05) is 20.3 Å². The van der Waals surface area contributed by atoms with Gasteiger partial charge in [0.1, 0.15) is 23.9 Å². The Kier molecular flexibility index (Phi) is 13.3. The first-order valence-electron chi connectivity index (χ1n) is 13.0. The Hall–Kier alpha value is -2.02. The maximum atomic E-state index is 12.0. The fourth-order valence-corrected chi connectivity index (χ4v) is 6.04. The second-order valence-electron chi connectivity index (χ2n) is 9.43.